The number of hydrogen-bond acceptors (Lipinski definition) is 2. The van der Waals surface area contributed by atoms with Crippen LogP contribution >= 0.6 is 11.6 Å². The van der Waals surface area contributed by atoms with Crippen LogP contribution in [0.4, 0.5) is 0 Å². The summed E-state index contributed by atoms with van der Waals surface area (Å²) < 4.78 is 0. The number of halogens is 1. The second-order valence-electron chi connectivity index (χ2n) is 3.48. The molecule has 1 amide bonds. The zero-order chi connectivity index (χ0) is 9.84. The molecular formula is C9H15ClN2O. The number of carbonyl (C=O) groups excluding carboxylic acids is 1. The van der Waals surface area contributed by atoms with Crippen molar-refractivity contribution in [3.63, 3.8) is 0 Å². The van der Waals surface area contributed by atoms with Crippen molar-refractivity contribution in [1.29, 1.82) is 0 Å². The molecule has 0 bridgehead atoms. The quantitative estimate of drug-likeness (QED) is 0.708. The van der Waals surface area contributed by atoms with Gasteiger partial charge in [-0.3, -0.25) is 4.79 Å². The van der Waals surface area contributed by atoms with E-state index in [-0.39, 0.29) is 11.8 Å². The highest BCUT2D eigenvalue weighted by Crippen LogP contribution is 2.15. The molecule has 1 heterocycles. The Morgan fingerprint density at radius 2 is 2.38 bits per heavy atom. The first-order chi connectivity index (χ1) is 6.11. The third-order valence-electron chi connectivity index (χ3n) is 2.31. The van der Waals surface area contributed by atoms with Crippen molar-refractivity contribution in [1.82, 2.24) is 10.6 Å². The van der Waals surface area contributed by atoms with Crippen molar-refractivity contribution in [3.05, 3.63) is 11.6 Å². The fourth-order valence-corrected chi connectivity index (χ4v) is 1.54. The summed E-state index contributed by atoms with van der Waals surface area (Å²) in [6.07, 6.45) is 0. The van der Waals surface area contributed by atoms with Crippen molar-refractivity contribution in [2.45, 2.75) is 6.92 Å². The minimum atomic E-state index is 0.0688. The lowest BCUT2D eigenvalue weighted by Crippen LogP contribution is -2.34. The van der Waals surface area contributed by atoms with E-state index in [0.717, 1.165) is 13.1 Å². The second kappa shape index (κ2) is 4.63. The zero-order valence-electron chi connectivity index (χ0n) is 7.77. The molecule has 0 aliphatic carbocycles. The predicted molar refractivity (Wildman–Crippen MR) is 53.5 cm³/mol. The van der Waals surface area contributed by atoms with Gasteiger partial charge in [-0.15, -0.1) is 0 Å². The maximum atomic E-state index is 11.5. The molecule has 1 aliphatic rings. The van der Waals surface area contributed by atoms with E-state index in [1.54, 1.807) is 0 Å². The van der Waals surface area contributed by atoms with E-state index in [4.69, 9.17) is 11.6 Å². The van der Waals surface area contributed by atoms with Crippen LogP contribution in [0.2, 0.25) is 0 Å². The Morgan fingerprint density at radius 1 is 1.69 bits per heavy atom. The minimum absolute atomic E-state index is 0.0688. The van der Waals surface area contributed by atoms with Gasteiger partial charge in [0, 0.05) is 11.6 Å². The van der Waals surface area contributed by atoms with Crippen molar-refractivity contribution < 1.29 is 4.79 Å². The highest BCUT2D eigenvalue weighted by Gasteiger charge is 2.28. The largest absolute Gasteiger partial charge is 0.351 e. The fourth-order valence-electron chi connectivity index (χ4n) is 1.48. The zero-order valence-corrected chi connectivity index (χ0v) is 8.53. The third kappa shape index (κ3) is 3.01. The van der Waals surface area contributed by atoms with Gasteiger partial charge in [-0.05, 0) is 12.5 Å². The third-order valence-corrected chi connectivity index (χ3v) is 2.44. The van der Waals surface area contributed by atoms with E-state index < -0.39 is 0 Å². The molecule has 2 N–H and O–H groups in total. The first kappa shape index (κ1) is 10.5. The number of carbonyl (C=O) groups is 1. The standard InChI is InChI=1S/C9H15ClN2O/c1-6-3-11-5-8(6)9(13)12-4-7(2)10/h6,8,11H,2-5H2,1H3,(H,12,13)/t6-,8-/m1/s1. The van der Waals surface area contributed by atoms with Crippen LogP contribution < -0.4 is 10.6 Å². The van der Waals surface area contributed by atoms with Crippen molar-refractivity contribution in [3.8, 4) is 0 Å². The summed E-state index contributed by atoms with van der Waals surface area (Å²) in [6, 6.07) is 0. The molecule has 0 spiro atoms. The topological polar surface area (TPSA) is 41.1 Å². The normalized spacial score (nSPS) is 27.2. The molecule has 4 heteroatoms. The predicted octanol–water partition coefficient (Wildman–Crippen LogP) is 0.711. The van der Waals surface area contributed by atoms with Gasteiger partial charge in [-0.1, -0.05) is 25.1 Å². The summed E-state index contributed by atoms with van der Waals surface area (Å²) in [5.41, 5.74) is 0. The molecule has 13 heavy (non-hydrogen) atoms. The summed E-state index contributed by atoms with van der Waals surface area (Å²) in [5, 5.41) is 6.38. The Bertz CT molecular complexity index is 218. The van der Waals surface area contributed by atoms with Gasteiger partial charge < -0.3 is 10.6 Å². The second-order valence-corrected chi connectivity index (χ2v) is 4.01. The minimum Gasteiger partial charge on any atom is -0.351 e. The highest BCUT2D eigenvalue weighted by molar-refractivity contribution is 6.29. The molecule has 0 radical (unpaired) electrons. The van der Waals surface area contributed by atoms with Crippen molar-refractivity contribution in [2.75, 3.05) is 19.6 Å². The van der Waals surface area contributed by atoms with Crippen LogP contribution in [0.3, 0.4) is 0 Å². The first-order valence-corrected chi connectivity index (χ1v) is 4.80. The molecule has 74 valence electrons. The maximum absolute atomic E-state index is 11.5. The van der Waals surface area contributed by atoms with Crippen LogP contribution in [0.25, 0.3) is 0 Å². The average molecular weight is 203 g/mol. The van der Waals surface area contributed by atoms with Gasteiger partial charge >= 0.3 is 0 Å². The summed E-state index contributed by atoms with van der Waals surface area (Å²) in [5.74, 6) is 0.555. The summed E-state index contributed by atoms with van der Waals surface area (Å²) in [6.45, 7) is 7.62. The van der Waals surface area contributed by atoms with Gasteiger partial charge in [0.05, 0.1) is 12.5 Å². The molecular weight excluding hydrogens is 188 g/mol. The van der Waals surface area contributed by atoms with Crippen molar-refractivity contribution >= 4 is 17.5 Å². The molecule has 0 aromatic heterocycles. The van der Waals surface area contributed by atoms with E-state index in [9.17, 15) is 4.79 Å². The molecule has 1 rings (SSSR count). The molecule has 3 nitrogen and oxygen atoms in total. The Kier molecular flexibility index (Phi) is 3.75. The molecule has 2 atom stereocenters. The highest BCUT2D eigenvalue weighted by atomic mass is 35.5. The lowest BCUT2D eigenvalue weighted by molar-refractivity contribution is -0.125. The number of rotatable bonds is 3. The molecule has 1 aliphatic heterocycles. The fraction of sp³-hybridized carbons (Fsp3) is 0.667. The van der Waals surface area contributed by atoms with Gasteiger partial charge in [0.2, 0.25) is 5.91 Å². The Labute approximate surface area is 83.5 Å². The van der Waals surface area contributed by atoms with Gasteiger partial charge in [0.1, 0.15) is 0 Å². The smallest absolute Gasteiger partial charge is 0.225 e. The van der Waals surface area contributed by atoms with E-state index in [1.165, 1.54) is 0 Å². The van der Waals surface area contributed by atoms with E-state index in [0.29, 0.717) is 17.5 Å². The summed E-state index contributed by atoms with van der Waals surface area (Å²) in [7, 11) is 0. The summed E-state index contributed by atoms with van der Waals surface area (Å²) >= 11 is 5.54. The molecule has 0 saturated carbocycles. The van der Waals surface area contributed by atoms with E-state index >= 15 is 0 Å². The SMILES string of the molecule is C=C(Cl)CNC(=O)[C@@H]1CNC[C@H]1C. The maximum Gasteiger partial charge on any atom is 0.225 e. The Hall–Kier alpha value is -0.540. The van der Waals surface area contributed by atoms with Crippen LogP contribution in [-0.2, 0) is 4.79 Å². The number of nitrogens with one attached hydrogen (secondary N) is 2. The van der Waals surface area contributed by atoms with Crippen LogP contribution in [0.5, 0.6) is 0 Å². The Morgan fingerprint density at radius 3 is 2.85 bits per heavy atom. The van der Waals surface area contributed by atoms with Crippen LogP contribution in [-0.4, -0.2) is 25.5 Å². The first-order valence-electron chi connectivity index (χ1n) is 4.43. The molecule has 0 unspecified atom stereocenters. The van der Waals surface area contributed by atoms with E-state index in [2.05, 4.69) is 24.1 Å². The lowest BCUT2D eigenvalue weighted by Gasteiger charge is -2.13. The van der Waals surface area contributed by atoms with Crippen LogP contribution in [0, 0.1) is 11.8 Å². The Balaban J connectivity index is 2.34. The van der Waals surface area contributed by atoms with Crippen LogP contribution in [0.1, 0.15) is 6.92 Å². The van der Waals surface area contributed by atoms with Gasteiger partial charge in [0.15, 0.2) is 0 Å². The molecule has 1 saturated heterocycles. The molecule has 0 aromatic carbocycles. The number of amides is 1. The van der Waals surface area contributed by atoms with Gasteiger partial charge in [-0.2, -0.15) is 0 Å². The molecule has 1 fully saturated rings. The molecule has 0 aromatic rings. The van der Waals surface area contributed by atoms with E-state index in [1.807, 2.05) is 0 Å². The van der Waals surface area contributed by atoms with Crippen molar-refractivity contribution in [2.24, 2.45) is 11.8 Å². The lowest BCUT2D eigenvalue weighted by atomic mass is 9.97. The number of hydrogen-bond donors (Lipinski definition) is 2. The van der Waals surface area contributed by atoms with Gasteiger partial charge in [-0.25, -0.2) is 0 Å². The summed E-state index contributed by atoms with van der Waals surface area (Å²) in [4.78, 5) is 11.5. The van der Waals surface area contributed by atoms with Gasteiger partial charge in [0.25, 0.3) is 0 Å². The monoisotopic (exact) mass is 202 g/mol. The van der Waals surface area contributed by atoms with Crippen LogP contribution in [0.15, 0.2) is 11.6 Å². The average Bonchev–Trinajstić information content (AvgIpc) is 2.47.